The highest BCUT2D eigenvalue weighted by molar-refractivity contribution is 5.65. The smallest absolute Gasteiger partial charge is 0.302 e. The molecule has 0 saturated heterocycles. The van der Waals surface area contributed by atoms with E-state index in [1.165, 1.54) is 6.92 Å². The average molecular weight is 178 g/mol. The summed E-state index contributed by atoms with van der Waals surface area (Å²) in [6.45, 7) is 2.40. The van der Waals surface area contributed by atoms with Crippen LogP contribution in [-0.4, -0.2) is 19.1 Å². The largest absolute Gasteiger partial charge is 0.464 e. The molecule has 0 atom stereocenters. The third kappa shape index (κ3) is 4.15. The molecule has 1 radical (unpaired) electrons. The predicted molar refractivity (Wildman–Crippen MR) is 50.4 cm³/mol. The Bertz CT molecular complexity index is 259. The van der Waals surface area contributed by atoms with Crippen LogP contribution in [0.3, 0.4) is 0 Å². The van der Waals surface area contributed by atoms with Gasteiger partial charge in [-0.25, -0.2) is 0 Å². The molecule has 0 saturated carbocycles. The Labute approximate surface area is 77.7 Å². The monoisotopic (exact) mass is 178 g/mol. The topological polar surface area (TPSA) is 38.3 Å². The Balaban J connectivity index is 2.17. The van der Waals surface area contributed by atoms with E-state index in [0.29, 0.717) is 13.2 Å². The molecule has 0 aromatic heterocycles. The van der Waals surface area contributed by atoms with Gasteiger partial charge in [0.2, 0.25) is 0 Å². The molecule has 1 N–H and O–H groups in total. The number of para-hydroxylation sites is 1. The third-order valence-corrected chi connectivity index (χ3v) is 1.43. The van der Waals surface area contributed by atoms with Gasteiger partial charge in [0.25, 0.3) is 0 Å². The molecule has 3 nitrogen and oxygen atoms in total. The first-order valence-corrected chi connectivity index (χ1v) is 4.13. The number of carbonyl (C=O) groups excluding carboxylic acids is 1. The van der Waals surface area contributed by atoms with Gasteiger partial charge < -0.3 is 10.1 Å². The maximum absolute atomic E-state index is 10.4. The van der Waals surface area contributed by atoms with Crippen LogP contribution in [0.5, 0.6) is 0 Å². The third-order valence-electron chi connectivity index (χ3n) is 1.43. The molecular weight excluding hydrogens is 166 g/mol. The van der Waals surface area contributed by atoms with Gasteiger partial charge in [-0.05, 0) is 6.07 Å². The molecule has 0 bridgehead atoms. The molecular formula is C10H12NO2. The predicted octanol–water partition coefficient (Wildman–Crippen LogP) is 1.46. The van der Waals surface area contributed by atoms with E-state index in [9.17, 15) is 4.79 Å². The lowest BCUT2D eigenvalue weighted by molar-refractivity contribution is -0.140. The van der Waals surface area contributed by atoms with E-state index in [0.717, 1.165) is 5.69 Å². The van der Waals surface area contributed by atoms with Crippen molar-refractivity contribution in [2.75, 3.05) is 18.5 Å². The van der Waals surface area contributed by atoms with E-state index >= 15 is 0 Å². The van der Waals surface area contributed by atoms with E-state index < -0.39 is 0 Å². The highest BCUT2D eigenvalue weighted by atomic mass is 16.5. The van der Waals surface area contributed by atoms with Crippen molar-refractivity contribution in [2.24, 2.45) is 0 Å². The molecule has 69 valence electrons. The second-order valence-corrected chi connectivity index (χ2v) is 2.54. The van der Waals surface area contributed by atoms with Crippen LogP contribution >= 0.6 is 0 Å². The fourth-order valence-corrected chi connectivity index (χ4v) is 0.884. The quantitative estimate of drug-likeness (QED) is 0.560. The molecule has 1 aromatic carbocycles. The van der Waals surface area contributed by atoms with Crippen molar-refractivity contribution in [3.05, 3.63) is 30.3 Å². The highest BCUT2D eigenvalue weighted by Gasteiger charge is 1.92. The van der Waals surface area contributed by atoms with Crippen molar-refractivity contribution >= 4 is 11.7 Å². The zero-order valence-electron chi connectivity index (χ0n) is 7.54. The number of anilines is 1. The van der Waals surface area contributed by atoms with E-state index in [-0.39, 0.29) is 5.97 Å². The summed E-state index contributed by atoms with van der Waals surface area (Å²) in [5, 5.41) is 3.07. The lowest BCUT2D eigenvalue weighted by atomic mass is 10.3. The van der Waals surface area contributed by atoms with Gasteiger partial charge in [0.15, 0.2) is 0 Å². The summed E-state index contributed by atoms with van der Waals surface area (Å²) in [6, 6.07) is 10.6. The molecule has 0 aliphatic heterocycles. The number of ether oxygens (including phenoxy) is 1. The SMILES string of the molecule is CC(=O)OCCNc1[c]cccc1. The molecule has 1 rings (SSSR count). The molecule has 0 aliphatic carbocycles. The van der Waals surface area contributed by atoms with E-state index in [1.807, 2.05) is 24.3 Å². The first kappa shape index (κ1) is 9.58. The number of benzene rings is 1. The van der Waals surface area contributed by atoms with Gasteiger partial charge in [0.05, 0.1) is 0 Å². The van der Waals surface area contributed by atoms with Gasteiger partial charge >= 0.3 is 5.97 Å². The van der Waals surface area contributed by atoms with Gasteiger partial charge in [-0.2, -0.15) is 0 Å². The van der Waals surface area contributed by atoms with Gasteiger partial charge in [0, 0.05) is 25.2 Å². The van der Waals surface area contributed by atoms with Gasteiger partial charge in [-0.3, -0.25) is 4.79 Å². The standard InChI is InChI=1S/C10H12NO2/c1-9(12)13-8-7-11-10-5-3-2-4-6-10/h2-5,11H,7-8H2,1H3. The summed E-state index contributed by atoms with van der Waals surface area (Å²) in [4.78, 5) is 10.4. The minimum Gasteiger partial charge on any atom is -0.464 e. The average Bonchev–Trinajstić information content (AvgIpc) is 2.14. The summed E-state index contributed by atoms with van der Waals surface area (Å²) in [5.74, 6) is -0.251. The van der Waals surface area contributed by atoms with Crippen LogP contribution in [0.1, 0.15) is 6.92 Å². The second-order valence-electron chi connectivity index (χ2n) is 2.54. The van der Waals surface area contributed by atoms with Crippen molar-refractivity contribution in [1.82, 2.24) is 0 Å². The normalized spacial score (nSPS) is 9.31. The van der Waals surface area contributed by atoms with Crippen LogP contribution in [0.4, 0.5) is 5.69 Å². The summed E-state index contributed by atoms with van der Waals surface area (Å²) < 4.78 is 4.75. The summed E-state index contributed by atoms with van der Waals surface area (Å²) in [5.41, 5.74) is 0.912. The number of nitrogens with one attached hydrogen (secondary N) is 1. The molecule has 13 heavy (non-hydrogen) atoms. The number of hydrogen-bond donors (Lipinski definition) is 1. The zero-order chi connectivity index (χ0) is 9.52. The van der Waals surface area contributed by atoms with E-state index in [1.54, 1.807) is 0 Å². The first-order chi connectivity index (χ1) is 6.29. The summed E-state index contributed by atoms with van der Waals surface area (Å²) in [6.07, 6.45) is 0. The number of esters is 1. The Morgan fingerprint density at radius 2 is 2.46 bits per heavy atom. The van der Waals surface area contributed by atoms with Crippen molar-refractivity contribution in [3.63, 3.8) is 0 Å². The molecule has 0 heterocycles. The Hall–Kier alpha value is -1.51. The van der Waals surface area contributed by atoms with Crippen LogP contribution in [-0.2, 0) is 9.53 Å². The minimum atomic E-state index is -0.251. The van der Waals surface area contributed by atoms with E-state index in [4.69, 9.17) is 4.74 Å². The van der Waals surface area contributed by atoms with Crippen molar-refractivity contribution in [3.8, 4) is 0 Å². The van der Waals surface area contributed by atoms with Crippen molar-refractivity contribution in [2.45, 2.75) is 6.92 Å². The van der Waals surface area contributed by atoms with Crippen LogP contribution in [0.2, 0.25) is 0 Å². The molecule has 0 fully saturated rings. The summed E-state index contributed by atoms with van der Waals surface area (Å²) in [7, 11) is 0. The Kier molecular flexibility index (Phi) is 3.82. The molecule has 0 unspecified atom stereocenters. The zero-order valence-corrected chi connectivity index (χ0v) is 7.54. The number of carbonyl (C=O) groups is 1. The molecule has 1 aromatic rings. The van der Waals surface area contributed by atoms with Crippen LogP contribution in [0.15, 0.2) is 24.3 Å². The second kappa shape index (κ2) is 5.19. The highest BCUT2D eigenvalue weighted by Crippen LogP contribution is 2.02. The Morgan fingerprint density at radius 3 is 3.08 bits per heavy atom. The fourth-order valence-electron chi connectivity index (χ4n) is 0.884. The first-order valence-electron chi connectivity index (χ1n) is 4.13. The van der Waals surface area contributed by atoms with Crippen LogP contribution in [0.25, 0.3) is 0 Å². The van der Waals surface area contributed by atoms with Gasteiger partial charge in [-0.15, -0.1) is 0 Å². The molecule has 0 spiro atoms. The number of hydrogen-bond acceptors (Lipinski definition) is 3. The van der Waals surface area contributed by atoms with Gasteiger partial charge in [-0.1, -0.05) is 18.2 Å². The molecule has 0 aliphatic rings. The van der Waals surface area contributed by atoms with Gasteiger partial charge in [0.1, 0.15) is 6.61 Å². The Morgan fingerprint density at radius 1 is 1.62 bits per heavy atom. The summed E-state index contributed by atoms with van der Waals surface area (Å²) >= 11 is 0. The fraction of sp³-hybridized carbons (Fsp3) is 0.300. The van der Waals surface area contributed by atoms with Crippen molar-refractivity contribution in [1.29, 1.82) is 0 Å². The molecule has 0 amide bonds. The lowest BCUT2D eigenvalue weighted by Gasteiger charge is -2.04. The van der Waals surface area contributed by atoms with Crippen LogP contribution < -0.4 is 5.32 Å². The van der Waals surface area contributed by atoms with Crippen molar-refractivity contribution < 1.29 is 9.53 Å². The molecule has 3 heteroatoms. The van der Waals surface area contributed by atoms with Crippen LogP contribution in [0, 0.1) is 6.07 Å². The number of rotatable bonds is 4. The maximum Gasteiger partial charge on any atom is 0.302 e. The maximum atomic E-state index is 10.4. The minimum absolute atomic E-state index is 0.251. The lowest BCUT2D eigenvalue weighted by Crippen LogP contribution is -2.11. The van der Waals surface area contributed by atoms with E-state index in [2.05, 4.69) is 11.4 Å².